The number of aliphatic imine (C=N–C) groups is 1. The van der Waals surface area contributed by atoms with E-state index in [1.54, 1.807) is 6.92 Å². The van der Waals surface area contributed by atoms with Crippen molar-refractivity contribution in [2.45, 2.75) is 13.1 Å². The fourth-order valence-corrected chi connectivity index (χ4v) is 1.42. The van der Waals surface area contributed by atoms with Gasteiger partial charge in [-0.2, -0.15) is 13.2 Å². The largest absolute Gasteiger partial charge is 0.397 e. The molecule has 0 saturated carbocycles. The first-order chi connectivity index (χ1) is 6.88. The number of nitrogens with two attached hydrogens (primary N) is 2. The van der Waals surface area contributed by atoms with Crippen LogP contribution in [0.3, 0.4) is 0 Å². The Kier molecular flexibility index (Phi) is 3.11. The second kappa shape index (κ2) is 4.00. The maximum atomic E-state index is 12.5. The maximum absolute atomic E-state index is 12.5. The van der Waals surface area contributed by atoms with Crippen LogP contribution in [-0.2, 0) is 0 Å². The third kappa shape index (κ3) is 2.34. The number of nitrogens with zero attached hydrogens (tertiary/aromatic N) is 1. The van der Waals surface area contributed by atoms with Crippen LogP contribution in [0.25, 0.3) is 0 Å². The third-order valence-corrected chi connectivity index (χ3v) is 2.12. The Morgan fingerprint density at radius 2 is 2.20 bits per heavy atom. The van der Waals surface area contributed by atoms with Gasteiger partial charge in [-0.25, -0.2) is 0 Å². The molecule has 0 aromatic rings. The number of hydrogen-bond donors (Lipinski definition) is 3. The SMILES string of the molecule is CCNC(N)=C1C(N)=NCC1C(F)(F)F. The Labute approximate surface area is 85.2 Å². The molecule has 1 heterocycles. The zero-order valence-electron chi connectivity index (χ0n) is 8.23. The van der Waals surface area contributed by atoms with Gasteiger partial charge >= 0.3 is 6.18 Å². The summed E-state index contributed by atoms with van der Waals surface area (Å²) in [6.45, 7) is 1.79. The van der Waals surface area contributed by atoms with Crippen LogP contribution in [0.15, 0.2) is 16.4 Å². The van der Waals surface area contributed by atoms with Gasteiger partial charge in [-0.15, -0.1) is 0 Å². The fraction of sp³-hybridized carbons (Fsp3) is 0.625. The molecule has 4 nitrogen and oxygen atoms in total. The van der Waals surface area contributed by atoms with E-state index in [0.29, 0.717) is 6.54 Å². The first kappa shape index (κ1) is 11.7. The van der Waals surface area contributed by atoms with E-state index in [1.807, 2.05) is 0 Å². The maximum Gasteiger partial charge on any atom is 0.397 e. The molecule has 0 spiro atoms. The molecule has 1 rings (SSSR count). The van der Waals surface area contributed by atoms with Crippen molar-refractivity contribution in [3.63, 3.8) is 0 Å². The standard InChI is InChI=1S/C8H13F3N4/c1-2-14-6(12)5-4(8(9,10)11)3-15-7(5)13/h4,14H,2-3,12H2,1H3,(H2,13,15). The Balaban J connectivity index is 3.01. The minimum atomic E-state index is -4.36. The van der Waals surface area contributed by atoms with Gasteiger partial charge in [0, 0.05) is 12.1 Å². The lowest BCUT2D eigenvalue weighted by atomic mass is 10.0. The molecule has 7 heteroatoms. The Hall–Kier alpha value is -1.40. The molecule has 1 aliphatic heterocycles. The van der Waals surface area contributed by atoms with Crippen molar-refractivity contribution in [1.29, 1.82) is 0 Å². The molecule has 0 aromatic heterocycles. The normalized spacial score (nSPS) is 25.1. The van der Waals surface area contributed by atoms with Gasteiger partial charge in [-0.1, -0.05) is 0 Å². The number of rotatable bonds is 2. The zero-order valence-corrected chi connectivity index (χ0v) is 8.23. The molecule has 86 valence electrons. The van der Waals surface area contributed by atoms with Crippen LogP contribution >= 0.6 is 0 Å². The fourth-order valence-electron chi connectivity index (χ4n) is 1.42. The average molecular weight is 222 g/mol. The van der Waals surface area contributed by atoms with Crippen molar-refractivity contribution in [2.24, 2.45) is 22.4 Å². The number of amidine groups is 1. The van der Waals surface area contributed by atoms with Gasteiger partial charge in [-0.3, -0.25) is 4.99 Å². The van der Waals surface area contributed by atoms with Crippen LogP contribution in [-0.4, -0.2) is 25.1 Å². The van der Waals surface area contributed by atoms with E-state index in [9.17, 15) is 13.2 Å². The molecule has 0 radical (unpaired) electrons. The van der Waals surface area contributed by atoms with E-state index < -0.39 is 12.1 Å². The van der Waals surface area contributed by atoms with E-state index in [-0.39, 0.29) is 23.8 Å². The highest BCUT2D eigenvalue weighted by atomic mass is 19.4. The predicted molar refractivity (Wildman–Crippen MR) is 50.9 cm³/mol. The Morgan fingerprint density at radius 1 is 1.60 bits per heavy atom. The molecule has 0 aromatic carbocycles. The summed E-state index contributed by atoms with van der Waals surface area (Å²) < 4.78 is 37.6. The molecule has 0 amide bonds. The van der Waals surface area contributed by atoms with Gasteiger partial charge in [0.25, 0.3) is 0 Å². The third-order valence-electron chi connectivity index (χ3n) is 2.12. The van der Waals surface area contributed by atoms with E-state index in [0.717, 1.165) is 0 Å². The minimum Gasteiger partial charge on any atom is -0.385 e. The van der Waals surface area contributed by atoms with Crippen LogP contribution in [0.4, 0.5) is 13.2 Å². The number of alkyl halides is 3. The molecule has 1 atom stereocenters. The topological polar surface area (TPSA) is 76.4 Å². The van der Waals surface area contributed by atoms with Gasteiger partial charge in [0.15, 0.2) is 0 Å². The molecule has 0 aliphatic carbocycles. The van der Waals surface area contributed by atoms with Crippen LogP contribution in [0, 0.1) is 5.92 Å². The van der Waals surface area contributed by atoms with Crippen molar-refractivity contribution in [1.82, 2.24) is 5.32 Å². The summed E-state index contributed by atoms with van der Waals surface area (Å²) in [7, 11) is 0. The summed E-state index contributed by atoms with van der Waals surface area (Å²) in [6, 6.07) is 0. The van der Waals surface area contributed by atoms with Gasteiger partial charge in [0.1, 0.15) is 17.6 Å². The number of hydrogen-bond acceptors (Lipinski definition) is 4. The first-order valence-corrected chi connectivity index (χ1v) is 4.48. The number of halogens is 3. The zero-order chi connectivity index (χ0) is 11.6. The monoisotopic (exact) mass is 222 g/mol. The van der Waals surface area contributed by atoms with Crippen molar-refractivity contribution >= 4 is 5.84 Å². The second-order valence-electron chi connectivity index (χ2n) is 3.18. The molecule has 5 N–H and O–H groups in total. The summed E-state index contributed by atoms with van der Waals surface area (Å²) in [5.74, 6) is -1.86. The van der Waals surface area contributed by atoms with Gasteiger partial charge < -0.3 is 16.8 Å². The van der Waals surface area contributed by atoms with Gasteiger partial charge in [0.2, 0.25) is 0 Å². The van der Waals surface area contributed by atoms with Crippen LogP contribution < -0.4 is 16.8 Å². The van der Waals surface area contributed by atoms with E-state index in [4.69, 9.17) is 11.5 Å². The highest BCUT2D eigenvalue weighted by molar-refractivity contribution is 5.99. The highest BCUT2D eigenvalue weighted by Gasteiger charge is 2.46. The predicted octanol–water partition coefficient (Wildman–Crippen LogP) is 0.316. The van der Waals surface area contributed by atoms with Crippen molar-refractivity contribution in [2.75, 3.05) is 13.1 Å². The average Bonchev–Trinajstić information content (AvgIpc) is 2.46. The van der Waals surface area contributed by atoms with Crippen molar-refractivity contribution in [3.8, 4) is 0 Å². The lowest BCUT2D eigenvalue weighted by Crippen LogP contribution is -2.34. The van der Waals surface area contributed by atoms with Crippen molar-refractivity contribution in [3.05, 3.63) is 11.4 Å². The molecule has 0 fully saturated rings. The van der Waals surface area contributed by atoms with Crippen molar-refractivity contribution < 1.29 is 13.2 Å². The van der Waals surface area contributed by atoms with Crippen LogP contribution in [0.5, 0.6) is 0 Å². The second-order valence-corrected chi connectivity index (χ2v) is 3.18. The number of nitrogens with one attached hydrogen (secondary N) is 1. The molecular formula is C8H13F3N4. The van der Waals surface area contributed by atoms with E-state index >= 15 is 0 Å². The van der Waals surface area contributed by atoms with Gasteiger partial charge in [0.05, 0.1) is 6.54 Å². The summed E-state index contributed by atoms with van der Waals surface area (Å²) in [4.78, 5) is 3.57. The lowest BCUT2D eigenvalue weighted by molar-refractivity contribution is -0.158. The highest BCUT2D eigenvalue weighted by Crippen LogP contribution is 2.35. The first-order valence-electron chi connectivity index (χ1n) is 4.48. The van der Waals surface area contributed by atoms with Crippen LogP contribution in [0.1, 0.15) is 6.92 Å². The molecule has 0 bridgehead atoms. The summed E-state index contributed by atoms with van der Waals surface area (Å²) in [5, 5.41) is 2.62. The van der Waals surface area contributed by atoms with Crippen LogP contribution in [0.2, 0.25) is 0 Å². The molecule has 1 aliphatic rings. The smallest absolute Gasteiger partial charge is 0.385 e. The summed E-state index contributed by atoms with van der Waals surface area (Å²) in [6.07, 6.45) is -4.36. The Morgan fingerprint density at radius 3 is 2.67 bits per heavy atom. The molecule has 15 heavy (non-hydrogen) atoms. The lowest BCUT2D eigenvalue weighted by Gasteiger charge is -2.18. The van der Waals surface area contributed by atoms with E-state index in [1.165, 1.54) is 0 Å². The minimum absolute atomic E-state index is 0.0430. The summed E-state index contributed by atoms with van der Waals surface area (Å²) in [5.41, 5.74) is 10.7. The van der Waals surface area contributed by atoms with Gasteiger partial charge in [-0.05, 0) is 6.92 Å². The summed E-state index contributed by atoms with van der Waals surface area (Å²) >= 11 is 0. The molecular weight excluding hydrogens is 209 g/mol. The molecule has 0 saturated heterocycles. The Bertz CT molecular complexity index is 305. The molecule has 1 unspecified atom stereocenters. The quantitative estimate of drug-likeness (QED) is 0.629. The van der Waals surface area contributed by atoms with E-state index in [2.05, 4.69) is 10.3 Å².